The van der Waals surface area contributed by atoms with Crippen LogP contribution in [0.3, 0.4) is 0 Å². The molecule has 308 valence electrons. The second-order valence-electron chi connectivity index (χ2n) is 12.9. The summed E-state index contributed by atoms with van der Waals surface area (Å²) in [5.74, 6) is -1.96. The first-order chi connectivity index (χ1) is 28.2. The van der Waals surface area contributed by atoms with Gasteiger partial charge in [-0.2, -0.15) is 5.26 Å². The summed E-state index contributed by atoms with van der Waals surface area (Å²) < 4.78 is 38.1. The largest absolute Gasteiger partial charge is 0.494 e. The Balaban J connectivity index is 1.55. The summed E-state index contributed by atoms with van der Waals surface area (Å²) in [5.41, 5.74) is 0.343. The SMILES string of the molecule is C=CC(=O)OCCCCCCOc1ccc(C(=O)Oc2ccc(OC(=O)c3ccc(OCCCCCCOC(=O)C=C)cc3)c(C(=O)OCCCCCC#N)c2)cc1. The standard InChI is InChI=1S/C45H51NO12/c1-3-41(47)54-30-14-9-7-12-28-52-36-21-17-34(18-22-36)43(49)57-38-25-26-40(39(33-38)45(51)56-32-16-6-5-11-27-46)58-44(50)35-19-23-37(24-20-35)53-29-13-8-10-15-31-55-42(48)4-2/h3-4,17-26,33H,1-2,5-16,28-32H2. The third-order valence-corrected chi connectivity index (χ3v) is 8.37. The van der Waals surface area contributed by atoms with Gasteiger partial charge in [-0.05, 0) is 137 Å². The average Bonchev–Trinajstić information content (AvgIpc) is 3.24. The maximum Gasteiger partial charge on any atom is 0.343 e. The Hall–Kier alpha value is -6.42. The van der Waals surface area contributed by atoms with Crippen molar-refractivity contribution >= 4 is 29.8 Å². The van der Waals surface area contributed by atoms with E-state index in [1.165, 1.54) is 18.2 Å². The van der Waals surface area contributed by atoms with E-state index >= 15 is 0 Å². The Kier molecular flexibility index (Phi) is 21.6. The number of rotatable bonds is 28. The van der Waals surface area contributed by atoms with Crippen molar-refractivity contribution in [3.05, 3.63) is 109 Å². The number of hydrogen-bond donors (Lipinski definition) is 0. The minimum absolute atomic E-state index is 0.0305. The van der Waals surface area contributed by atoms with E-state index in [1.54, 1.807) is 48.5 Å². The van der Waals surface area contributed by atoms with E-state index in [4.69, 9.17) is 38.4 Å². The molecule has 3 aromatic rings. The van der Waals surface area contributed by atoms with E-state index in [9.17, 15) is 24.0 Å². The minimum Gasteiger partial charge on any atom is -0.494 e. The molecule has 58 heavy (non-hydrogen) atoms. The van der Waals surface area contributed by atoms with Gasteiger partial charge in [-0.3, -0.25) is 0 Å². The van der Waals surface area contributed by atoms with Crippen LogP contribution in [0.1, 0.15) is 108 Å². The highest BCUT2D eigenvalue weighted by atomic mass is 16.6. The lowest BCUT2D eigenvalue weighted by atomic mass is 10.1. The van der Waals surface area contributed by atoms with Gasteiger partial charge in [0.1, 0.15) is 28.6 Å². The van der Waals surface area contributed by atoms with Crippen molar-refractivity contribution in [2.24, 2.45) is 0 Å². The molecule has 3 aromatic carbocycles. The van der Waals surface area contributed by atoms with Crippen LogP contribution in [0, 0.1) is 11.3 Å². The van der Waals surface area contributed by atoms with Crippen LogP contribution >= 0.6 is 0 Å². The molecule has 0 saturated heterocycles. The van der Waals surface area contributed by atoms with Crippen LogP contribution in [0.2, 0.25) is 0 Å². The Morgan fingerprint density at radius 1 is 0.500 bits per heavy atom. The normalized spacial score (nSPS) is 10.3. The molecule has 0 amide bonds. The van der Waals surface area contributed by atoms with E-state index in [-0.39, 0.29) is 34.8 Å². The second kappa shape index (κ2) is 27.2. The number of hydrogen-bond acceptors (Lipinski definition) is 13. The molecule has 0 spiro atoms. The van der Waals surface area contributed by atoms with Crippen molar-refractivity contribution < 1.29 is 57.1 Å². The van der Waals surface area contributed by atoms with Gasteiger partial charge < -0.3 is 33.2 Å². The quantitative estimate of drug-likeness (QED) is 0.0225. The summed E-state index contributed by atoms with van der Waals surface area (Å²) in [6.07, 6.45) is 11.3. The van der Waals surface area contributed by atoms with Crippen molar-refractivity contribution in [1.29, 1.82) is 5.26 Å². The molecule has 0 N–H and O–H groups in total. The monoisotopic (exact) mass is 797 g/mol. The Bertz CT molecular complexity index is 1830. The number of unbranched alkanes of at least 4 members (excludes halogenated alkanes) is 9. The number of esters is 5. The van der Waals surface area contributed by atoms with Crippen molar-refractivity contribution in [3.63, 3.8) is 0 Å². The molecule has 0 fully saturated rings. The Morgan fingerprint density at radius 2 is 0.931 bits per heavy atom. The molecule has 0 saturated carbocycles. The van der Waals surface area contributed by atoms with Gasteiger partial charge in [-0.25, -0.2) is 24.0 Å². The lowest BCUT2D eigenvalue weighted by Gasteiger charge is -2.13. The fourth-order valence-corrected chi connectivity index (χ4v) is 5.20. The van der Waals surface area contributed by atoms with Crippen molar-refractivity contribution in [2.75, 3.05) is 33.0 Å². The molecule has 3 rings (SSSR count). The molecule has 0 aromatic heterocycles. The molecule has 13 nitrogen and oxygen atoms in total. The van der Waals surface area contributed by atoms with Gasteiger partial charge >= 0.3 is 29.8 Å². The summed E-state index contributed by atoms with van der Waals surface area (Å²) in [4.78, 5) is 61.6. The minimum atomic E-state index is -0.778. The zero-order valence-electron chi connectivity index (χ0n) is 32.8. The molecule has 0 radical (unpaired) electrons. The lowest BCUT2D eigenvalue weighted by molar-refractivity contribution is -0.138. The third kappa shape index (κ3) is 18.0. The Morgan fingerprint density at radius 3 is 1.41 bits per heavy atom. The summed E-state index contributed by atoms with van der Waals surface area (Å²) >= 11 is 0. The van der Waals surface area contributed by atoms with Crippen LogP contribution in [0.4, 0.5) is 0 Å². The highest BCUT2D eigenvalue weighted by Crippen LogP contribution is 2.28. The highest BCUT2D eigenvalue weighted by Gasteiger charge is 2.21. The van der Waals surface area contributed by atoms with Crippen LogP contribution in [-0.2, 0) is 23.8 Å². The number of carbonyl (C=O) groups excluding carboxylic acids is 5. The van der Waals surface area contributed by atoms with Gasteiger partial charge in [0.25, 0.3) is 0 Å². The van der Waals surface area contributed by atoms with E-state index in [1.807, 2.05) is 0 Å². The van der Waals surface area contributed by atoms with Crippen molar-refractivity contribution in [2.45, 2.75) is 77.0 Å². The van der Waals surface area contributed by atoms with E-state index in [0.717, 1.165) is 63.5 Å². The van der Waals surface area contributed by atoms with Crippen LogP contribution in [0.5, 0.6) is 23.0 Å². The summed E-state index contributed by atoms with van der Waals surface area (Å²) in [7, 11) is 0. The first-order valence-electron chi connectivity index (χ1n) is 19.4. The fourth-order valence-electron chi connectivity index (χ4n) is 5.20. The summed E-state index contributed by atoms with van der Waals surface area (Å²) in [6, 6.07) is 18.9. The van der Waals surface area contributed by atoms with E-state index in [0.29, 0.717) is 63.6 Å². The zero-order chi connectivity index (χ0) is 41.8. The molecule has 0 aliphatic rings. The summed E-state index contributed by atoms with van der Waals surface area (Å²) in [5, 5.41) is 8.76. The molecular weight excluding hydrogens is 746 g/mol. The first-order valence-corrected chi connectivity index (χ1v) is 19.4. The topological polar surface area (TPSA) is 174 Å². The van der Waals surface area contributed by atoms with Gasteiger partial charge in [0.05, 0.1) is 50.2 Å². The third-order valence-electron chi connectivity index (χ3n) is 8.37. The lowest BCUT2D eigenvalue weighted by Crippen LogP contribution is -2.14. The summed E-state index contributed by atoms with van der Waals surface area (Å²) in [6.45, 7) is 8.46. The van der Waals surface area contributed by atoms with Crippen LogP contribution < -0.4 is 18.9 Å². The fraction of sp³-hybridized carbons (Fsp3) is 0.378. The predicted molar refractivity (Wildman–Crippen MR) is 214 cm³/mol. The van der Waals surface area contributed by atoms with Crippen LogP contribution in [0.25, 0.3) is 0 Å². The molecule has 0 aliphatic heterocycles. The predicted octanol–water partition coefficient (Wildman–Crippen LogP) is 8.70. The molecule has 0 aliphatic carbocycles. The molecule has 0 heterocycles. The van der Waals surface area contributed by atoms with Crippen molar-refractivity contribution in [1.82, 2.24) is 0 Å². The van der Waals surface area contributed by atoms with E-state index < -0.39 is 29.8 Å². The second-order valence-corrected chi connectivity index (χ2v) is 12.9. The van der Waals surface area contributed by atoms with Crippen LogP contribution in [-0.4, -0.2) is 62.9 Å². The smallest absolute Gasteiger partial charge is 0.343 e. The van der Waals surface area contributed by atoms with Crippen LogP contribution in [0.15, 0.2) is 92.0 Å². The van der Waals surface area contributed by atoms with E-state index in [2.05, 4.69) is 19.2 Å². The first kappa shape index (κ1) is 46.0. The van der Waals surface area contributed by atoms with Gasteiger partial charge in [0.2, 0.25) is 0 Å². The number of nitrogens with zero attached hydrogens (tertiary/aromatic N) is 1. The highest BCUT2D eigenvalue weighted by molar-refractivity contribution is 5.97. The molecule has 0 atom stereocenters. The molecule has 13 heteroatoms. The molecule has 0 bridgehead atoms. The zero-order valence-corrected chi connectivity index (χ0v) is 32.8. The van der Waals surface area contributed by atoms with Gasteiger partial charge in [-0.15, -0.1) is 0 Å². The Labute approximate surface area is 339 Å². The molecule has 0 unspecified atom stereocenters. The van der Waals surface area contributed by atoms with Gasteiger partial charge in [0, 0.05) is 18.6 Å². The number of benzene rings is 3. The average molecular weight is 798 g/mol. The van der Waals surface area contributed by atoms with Gasteiger partial charge in [-0.1, -0.05) is 13.2 Å². The number of nitriles is 1. The number of ether oxygens (including phenoxy) is 7. The van der Waals surface area contributed by atoms with Gasteiger partial charge in [0.15, 0.2) is 0 Å². The number of carbonyl (C=O) groups is 5. The van der Waals surface area contributed by atoms with Crippen molar-refractivity contribution in [3.8, 4) is 29.1 Å². The maximum atomic E-state index is 13.2. The maximum absolute atomic E-state index is 13.2. The molecular formula is C45H51NO12.